The standard InChI is InChI=1S/C13H27N3O/c1-13(2,3)10-16(5)12(17)8-11-9-15(4)7-6-14-11/h11,14H,6-10H2,1-5H3. The molecule has 17 heavy (non-hydrogen) atoms. The molecule has 0 aromatic carbocycles. The first-order valence-electron chi connectivity index (χ1n) is 6.44. The minimum absolute atomic E-state index is 0.168. The molecule has 4 nitrogen and oxygen atoms in total. The lowest BCUT2D eigenvalue weighted by atomic mass is 9.96. The van der Waals surface area contributed by atoms with Gasteiger partial charge in [-0.2, -0.15) is 0 Å². The fourth-order valence-corrected chi connectivity index (χ4v) is 2.29. The van der Waals surface area contributed by atoms with E-state index < -0.39 is 0 Å². The summed E-state index contributed by atoms with van der Waals surface area (Å²) in [5.41, 5.74) is 0.168. The second-order valence-electron chi connectivity index (χ2n) is 6.43. The van der Waals surface area contributed by atoms with Crippen molar-refractivity contribution in [3.8, 4) is 0 Å². The smallest absolute Gasteiger partial charge is 0.223 e. The van der Waals surface area contributed by atoms with Gasteiger partial charge in [-0.1, -0.05) is 20.8 Å². The molecule has 0 aromatic heterocycles. The maximum absolute atomic E-state index is 12.1. The predicted molar refractivity (Wildman–Crippen MR) is 71.0 cm³/mol. The maximum Gasteiger partial charge on any atom is 0.223 e. The van der Waals surface area contributed by atoms with E-state index in [-0.39, 0.29) is 11.3 Å². The Hall–Kier alpha value is -0.610. The van der Waals surface area contributed by atoms with Gasteiger partial charge in [0.15, 0.2) is 0 Å². The van der Waals surface area contributed by atoms with Gasteiger partial charge in [0, 0.05) is 45.7 Å². The third-order valence-corrected chi connectivity index (χ3v) is 3.02. The second kappa shape index (κ2) is 5.83. The van der Waals surface area contributed by atoms with E-state index in [0.717, 1.165) is 26.2 Å². The Morgan fingerprint density at radius 1 is 1.47 bits per heavy atom. The number of carbonyl (C=O) groups is 1. The normalized spacial score (nSPS) is 22.5. The van der Waals surface area contributed by atoms with Crippen LogP contribution in [0.1, 0.15) is 27.2 Å². The first kappa shape index (κ1) is 14.5. The van der Waals surface area contributed by atoms with Crippen molar-refractivity contribution in [1.29, 1.82) is 0 Å². The summed E-state index contributed by atoms with van der Waals surface area (Å²) in [6.45, 7) is 10.3. The zero-order valence-corrected chi connectivity index (χ0v) is 11.9. The molecule has 1 fully saturated rings. The highest BCUT2D eigenvalue weighted by molar-refractivity contribution is 5.76. The van der Waals surface area contributed by atoms with Crippen LogP contribution < -0.4 is 5.32 Å². The molecule has 1 atom stereocenters. The van der Waals surface area contributed by atoms with Crippen molar-refractivity contribution < 1.29 is 4.79 Å². The van der Waals surface area contributed by atoms with Gasteiger partial charge in [-0.05, 0) is 12.5 Å². The monoisotopic (exact) mass is 241 g/mol. The molecule has 1 heterocycles. The van der Waals surface area contributed by atoms with E-state index in [1.54, 1.807) is 0 Å². The van der Waals surface area contributed by atoms with Gasteiger partial charge in [0.05, 0.1) is 0 Å². The largest absolute Gasteiger partial charge is 0.345 e. The molecule has 1 rings (SSSR count). The average Bonchev–Trinajstić information content (AvgIpc) is 2.14. The molecule has 4 heteroatoms. The number of piperazine rings is 1. The Bertz CT molecular complexity index is 260. The number of hydrogen-bond donors (Lipinski definition) is 1. The van der Waals surface area contributed by atoms with Crippen LogP contribution in [0.25, 0.3) is 0 Å². The lowest BCUT2D eigenvalue weighted by molar-refractivity contribution is -0.131. The number of nitrogens with one attached hydrogen (secondary N) is 1. The zero-order chi connectivity index (χ0) is 13.1. The number of rotatable bonds is 3. The van der Waals surface area contributed by atoms with E-state index >= 15 is 0 Å². The third kappa shape index (κ3) is 5.50. The number of amides is 1. The van der Waals surface area contributed by atoms with Crippen molar-refractivity contribution in [3.63, 3.8) is 0 Å². The summed E-state index contributed by atoms with van der Waals surface area (Å²) in [6.07, 6.45) is 0.608. The van der Waals surface area contributed by atoms with Crippen LogP contribution in [0.4, 0.5) is 0 Å². The van der Waals surface area contributed by atoms with E-state index in [0.29, 0.717) is 12.5 Å². The van der Waals surface area contributed by atoms with Crippen LogP contribution >= 0.6 is 0 Å². The summed E-state index contributed by atoms with van der Waals surface area (Å²) in [5.74, 6) is 0.243. The fraction of sp³-hybridized carbons (Fsp3) is 0.923. The van der Waals surface area contributed by atoms with Gasteiger partial charge in [-0.25, -0.2) is 0 Å². The van der Waals surface area contributed by atoms with E-state index in [2.05, 4.69) is 38.0 Å². The van der Waals surface area contributed by atoms with Crippen LogP contribution in [0.15, 0.2) is 0 Å². The highest BCUT2D eigenvalue weighted by Crippen LogP contribution is 2.15. The van der Waals surface area contributed by atoms with E-state index in [4.69, 9.17) is 0 Å². The minimum atomic E-state index is 0.168. The van der Waals surface area contributed by atoms with Crippen LogP contribution in [0, 0.1) is 5.41 Å². The molecule has 1 saturated heterocycles. The number of carbonyl (C=O) groups excluding carboxylic acids is 1. The summed E-state index contributed by atoms with van der Waals surface area (Å²) in [7, 11) is 4.01. The Balaban J connectivity index is 2.37. The van der Waals surface area contributed by atoms with Crippen molar-refractivity contribution in [2.45, 2.75) is 33.2 Å². The molecule has 1 aliphatic heterocycles. The van der Waals surface area contributed by atoms with Crippen molar-refractivity contribution in [3.05, 3.63) is 0 Å². The molecule has 0 aromatic rings. The topological polar surface area (TPSA) is 35.6 Å². The Morgan fingerprint density at radius 2 is 2.12 bits per heavy atom. The van der Waals surface area contributed by atoms with Gasteiger partial charge in [0.25, 0.3) is 0 Å². The fourth-order valence-electron chi connectivity index (χ4n) is 2.29. The van der Waals surface area contributed by atoms with E-state index in [1.165, 1.54) is 0 Å². The van der Waals surface area contributed by atoms with Crippen LogP contribution in [0.2, 0.25) is 0 Å². The van der Waals surface area contributed by atoms with Crippen LogP contribution in [-0.4, -0.2) is 62.0 Å². The van der Waals surface area contributed by atoms with Crippen LogP contribution in [0.5, 0.6) is 0 Å². The second-order valence-corrected chi connectivity index (χ2v) is 6.43. The number of likely N-dealkylation sites (N-methyl/N-ethyl adjacent to an activating group) is 1. The summed E-state index contributed by atoms with van der Waals surface area (Å²) in [4.78, 5) is 16.2. The maximum atomic E-state index is 12.1. The summed E-state index contributed by atoms with van der Waals surface area (Å²) < 4.78 is 0. The molecule has 0 bridgehead atoms. The van der Waals surface area contributed by atoms with Crippen molar-refractivity contribution in [2.75, 3.05) is 40.3 Å². The number of hydrogen-bond acceptors (Lipinski definition) is 3. The quantitative estimate of drug-likeness (QED) is 0.793. The predicted octanol–water partition coefficient (Wildman–Crippen LogP) is 0.785. The lowest BCUT2D eigenvalue weighted by Gasteiger charge is -2.32. The average molecular weight is 241 g/mol. The molecule has 1 unspecified atom stereocenters. The molecule has 1 aliphatic rings. The highest BCUT2D eigenvalue weighted by Gasteiger charge is 2.23. The zero-order valence-electron chi connectivity index (χ0n) is 11.9. The van der Waals surface area contributed by atoms with E-state index in [9.17, 15) is 4.79 Å². The molecule has 0 aliphatic carbocycles. The molecule has 0 radical (unpaired) electrons. The highest BCUT2D eigenvalue weighted by atomic mass is 16.2. The van der Waals surface area contributed by atoms with Crippen molar-refractivity contribution in [1.82, 2.24) is 15.1 Å². The molecule has 0 saturated carbocycles. The van der Waals surface area contributed by atoms with Gasteiger partial charge in [0.1, 0.15) is 0 Å². The van der Waals surface area contributed by atoms with Gasteiger partial charge >= 0.3 is 0 Å². The Kier molecular flexibility index (Phi) is 4.95. The van der Waals surface area contributed by atoms with Gasteiger partial charge in [-0.3, -0.25) is 4.79 Å². The summed E-state index contributed by atoms with van der Waals surface area (Å²) in [5, 5.41) is 3.41. The third-order valence-electron chi connectivity index (χ3n) is 3.02. The summed E-state index contributed by atoms with van der Waals surface area (Å²) in [6, 6.07) is 0.309. The van der Waals surface area contributed by atoms with Gasteiger partial charge in [0.2, 0.25) is 5.91 Å². The lowest BCUT2D eigenvalue weighted by Crippen LogP contribution is -2.51. The van der Waals surface area contributed by atoms with Gasteiger partial charge in [-0.15, -0.1) is 0 Å². The molecule has 1 amide bonds. The van der Waals surface area contributed by atoms with Crippen LogP contribution in [-0.2, 0) is 4.79 Å². The minimum Gasteiger partial charge on any atom is -0.345 e. The molecular weight excluding hydrogens is 214 g/mol. The van der Waals surface area contributed by atoms with E-state index in [1.807, 2.05) is 11.9 Å². The van der Waals surface area contributed by atoms with Crippen LogP contribution in [0.3, 0.4) is 0 Å². The molecule has 100 valence electrons. The molecule has 1 N–H and O–H groups in total. The Labute approximate surface area is 105 Å². The first-order valence-corrected chi connectivity index (χ1v) is 6.44. The number of nitrogens with zero attached hydrogens (tertiary/aromatic N) is 2. The molecule has 0 spiro atoms. The summed E-state index contributed by atoms with van der Waals surface area (Å²) >= 11 is 0. The van der Waals surface area contributed by atoms with Gasteiger partial charge < -0.3 is 15.1 Å². The molecular formula is C13H27N3O. The first-order chi connectivity index (χ1) is 7.78. The van der Waals surface area contributed by atoms with Crippen molar-refractivity contribution >= 4 is 5.91 Å². The van der Waals surface area contributed by atoms with Crippen molar-refractivity contribution in [2.24, 2.45) is 5.41 Å². The Morgan fingerprint density at radius 3 is 2.65 bits per heavy atom. The SMILES string of the molecule is CN1CCNC(CC(=O)N(C)CC(C)(C)C)C1.